The van der Waals surface area contributed by atoms with Crippen LogP contribution < -0.4 is 4.72 Å². The molecule has 0 bridgehead atoms. The van der Waals surface area contributed by atoms with Gasteiger partial charge in [0.25, 0.3) is 15.9 Å². The van der Waals surface area contributed by atoms with Crippen molar-refractivity contribution in [2.24, 2.45) is 0 Å². The van der Waals surface area contributed by atoms with Crippen molar-refractivity contribution in [2.75, 3.05) is 0 Å². The van der Waals surface area contributed by atoms with Gasteiger partial charge >= 0.3 is 0 Å². The first-order valence-corrected chi connectivity index (χ1v) is 7.64. The smallest absolute Gasteiger partial charge is 0.269 e. The Bertz CT molecular complexity index is 803. The van der Waals surface area contributed by atoms with E-state index in [1.165, 1.54) is 36.7 Å². The fourth-order valence-electron chi connectivity index (χ4n) is 1.63. The fourth-order valence-corrected chi connectivity index (χ4v) is 2.46. The highest BCUT2D eigenvalue weighted by molar-refractivity contribution is 7.90. The lowest BCUT2D eigenvalue weighted by molar-refractivity contribution is -0.114. The average Bonchev–Trinajstić information content (AvgIpc) is 2.48. The van der Waals surface area contributed by atoms with Gasteiger partial charge in [-0.1, -0.05) is 12.1 Å². The number of sulfonamides is 1. The summed E-state index contributed by atoms with van der Waals surface area (Å²) in [6.07, 6.45) is 4.67. The first-order valence-electron chi connectivity index (χ1n) is 6.15. The van der Waals surface area contributed by atoms with Gasteiger partial charge in [-0.05, 0) is 30.2 Å². The Morgan fingerprint density at radius 2 is 1.91 bits per heavy atom. The molecule has 22 heavy (non-hydrogen) atoms. The molecule has 1 aromatic heterocycles. The standard InChI is InChI=1S/C14H12FN3O3S/c1-10(11-2-4-12(15)5-3-11)8-13(19)18-22(20,21)14-9-16-6-7-17-14/h2-9H,1H3,(H,18,19)/b10-8-. The molecule has 1 heterocycles. The monoisotopic (exact) mass is 321 g/mol. The van der Waals surface area contributed by atoms with E-state index in [0.717, 1.165) is 12.3 Å². The van der Waals surface area contributed by atoms with Crippen LogP contribution in [0.1, 0.15) is 12.5 Å². The Morgan fingerprint density at radius 3 is 2.50 bits per heavy atom. The van der Waals surface area contributed by atoms with E-state index in [-0.39, 0.29) is 5.03 Å². The molecular formula is C14H12FN3O3S. The molecule has 0 saturated carbocycles. The number of aromatic nitrogens is 2. The summed E-state index contributed by atoms with van der Waals surface area (Å²) in [6, 6.07) is 5.49. The summed E-state index contributed by atoms with van der Waals surface area (Å²) in [4.78, 5) is 19.0. The number of carbonyl (C=O) groups excluding carboxylic acids is 1. The zero-order chi connectivity index (χ0) is 16.2. The second-order valence-corrected chi connectivity index (χ2v) is 5.98. The number of carbonyl (C=O) groups is 1. The number of nitrogens with one attached hydrogen (secondary N) is 1. The van der Waals surface area contributed by atoms with Crippen molar-refractivity contribution in [3.63, 3.8) is 0 Å². The van der Waals surface area contributed by atoms with E-state index < -0.39 is 21.7 Å². The van der Waals surface area contributed by atoms with Crippen LogP contribution in [-0.2, 0) is 14.8 Å². The molecular weight excluding hydrogens is 309 g/mol. The third-order valence-electron chi connectivity index (χ3n) is 2.70. The molecule has 114 valence electrons. The third-order valence-corrected chi connectivity index (χ3v) is 3.93. The molecule has 0 atom stereocenters. The lowest BCUT2D eigenvalue weighted by Crippen LogP contribution is -2.29. The highest BCUT2D eigenvalue weighted by Crippen LogP contribution is 2.14. The quantitative estimate of drug-likeness (QED) is 0.863. The number of benzene rings is 1. The lowest BCUT2D eigenvalue weighted by Gasteiger charge is -2.05. The minimum Gasteiger partial charge on any atom is -0.269 e. The van der Waals surface area contributed by atoms with Gasteiger partial charge < -0.3 is 0 Å². The molecule has 1 N–H and O–H groups in total. The summed E-state index contributed by atoms with van der Waals surface area (Å²) in [5.74, 6) is -1.22. The van der Waals surface area contributed by atoms with Crippen molar-refractivity contribution < 1.29 is 17.6 Å². The van der Waals surface area contributed by atoms with Gasteiger partial charge in [0, 0.05) is 18.5 Å². The van der Waals surface area contributed by atoms with Crippen LogP contribution in [0.3, 0.4) is 0 Å². The normalized spacial score (nSPS) is 12.0. The molecule has 0 unspecified atom stereocenters. The van der Waals surface area contributed by atoms with E-state index in [1.807, 2.05) is 4.72 Å². The Balaban J connectivity index is 2.15. The van der Waals surface area contributed by atoms with Gasteiger partial charge in [0.1, 0.15) is 5.82 Å². The zero-order valence-corrected chi connectivity index (χ0v) is 12.3. The van der Waals surface area contributed by atoms with Crippen LogP contribution in [0.5, 0.6) is 0 Å². The van der Waals surface area contributed by atoms with Gasteiger partial charge in [-0.25, -0.2) is 14.1 Å². The fraction of sp³-hybridized carbons (Fsp3) is 0.0714. The molecule has 0 saturated heterocycles. The topological polar surface area (TPSA) is 89.0 Å². The Kier molecular flexibility index (Phi) is 4.62. The SMILES string of the molecule is C/C(=C/C(=O)NS(=O)(=O)c1cnccn1)c1ccc(F)cc1. The van der Waals surface area contributed by atoms with Crippen LogP contribution in [0, 0.1) is 5.82 Å². The van der Waals surface area contributed by atoms with Crippen LogP contribution in [0.4, 0.5) is 4.39 Å². The van der Waals surface area contributed by atoms with E-state index in [2.05, 4.69) is 9.97 Å². The largest absolute Gasteiger partial charge is 0.283 e. The predicted octanol–water partition coefficient (Wildman–Crippen LogP) is 1.52. The summed E-state index contributed by atoms with van der Waals surface area (Å²) in [5.41, 5.74) is 1.10. The van der Waals surface area contributed by atoms with Gasteiger partial charge in [0.05, 0.1) is 6.20 Å². The van der Waals surface area contributed by atoms with Gasteiger partial charge in [-0.3, -0.25) is 9.78 Å². The maximum atomic E-state index is 12.8. The van der Waals surface area contributed by atoms with E-state index >= 15 is 0 Å². The van der Waals surface area contributed by atoms with Crippen LogP contribution >= 0.6 is 0 Å². The van der Waals surface area contributed by atoms with E-state index in [1.54, 1.807) is 6.92 Å². The van der Waals surface area contributed by atoms with Crippen LogP contribution in [0.2, 0.25) is 0 Å². The number of amides is 1. The Hall–Kier alpha value is -2.61. The van der Waals surface area contributed by atoms with Crippen molar-refractivity contribution in [3.05, 3.63) is 60.3 Å². The van der Waals surface area contributed by atoms with Crippen molar-refractivity contribution in [3.8, 4) is 0 Å². The van der Waals surface area contributed by atoms with Gasteiger partial charge in [-0.2, -0.15) is 8.42 Å². The molecule has 8 heteroatoms. The average molecular weight is 321 g/mol. The molecule has 0 aliphatic rings. The summed E-state index contributed by atoms with van der Waals surface area (Å²) in [7, 11) is -4.07. The molecule has 1 amide bonds. The molecule has 6 nitrogen and oxygen atoms in total. The van der Waals surface area contributed by atoms with Gasteiger partial charge in [0.2, 0.25) is 0 Å². The van der Waals surface area contributed by atoms with Crippen LogP contribution in [-0.4, -0.2) is 24.3 Å². The number of allylic oxidation sites excluding steroid dienone is 1. The molecule has 1 aromatic carbocycles. The predicted molar refractivity (Wildman–Crippen MR) is 77.4 cm³/mol. The highest BCUT2D eigenvalue weighted by Gasteiger charge is 2.18. The maximum Gasteiger partial charge on any atom is 0.283 e. The Labute approximate surface area is 126 Å². The minimum absolute atomic E-state index is 0.351. The minimum atomic E-state index is -4.07. The molecule has 0 aliphatic carbocycles. The number of hydrogen-bond acceptors (Lipinski definition) is 5. The van der Waals surface area contributed by atoms with Gasteiger partial charge in [-0.15, -0.1) is 0 Å². The first kappa shape index (κ1) is 15.8. The molecule has 2 rings (SSSR count). The maximum absolute atomic E-state index is 12.8. The number of nitrogens with zero attached hydrogens (tertiary/aromatic N) is 2. The van der Waals surface area contributed by atoms with Gasteiger partial charge in [0.15, 0.2) is 5.03 Å². The summed E-state index contributed by atoms with van der Waals surface area (Å²) >= 11 is 0. The van der Waals surface area contributed by atoms with Crippen molar-refractivity contribution in [1.29, 1.82) is 0 Å². The Morgan fingerprint density at radius 1 is 1.23 bits per heavy atom. The van der Waals surface area contributed by atoms with E-state index in [4.69, 9.17) is 0 Å². The van der Waals surface area contributed by atoms with Crippen molar-refractivity contribution in [2.45, 2.75) is 11.9 Å². The van der Waals surface area contributed by atoms with Crippen LogP contribution in [0.15, 0.2) is 54.0 Å². The van der Waals surface area contributed by atoms with E-state index in [0.29, 0.717) is 11.1 Å². The number of hydrogen-bond donors (Lipinski definition) is 1. The lowest BCUT2D eigenvalue weighted by atomic mass is 10.1. The second kappa shape index (κ2) is 6.44. The number of rotatable bonds is 4. The van der Waals surface area contributed by atoms with Crippen molar-refractivity contribution >= 4 is 21.5 Å². The summed E-state index contributed by atoms with van der Waals surface area (Å²) < 4.78 is 38.5. The molecule has 0 aliphatic heterocycles. The third kappa shape index (κ3) is 3.95. The number of halogens is 1. The van der Waals surface area contributed by atoms with Crippen molar-refractivity contribution in [1.82, 2.24) is 14.7 Å². The first-order chi connectivity index (χ1) is 10.4. The van der Waals surface area contributed by atoms with Crippen LogP contribution in [0.25, 0.3) is 5.57 Å². The molecule has 2 aromatic rings. The molecule has 0 spiro atoms. The highest BCUT2D eigenvalue weighted by atomic mass is 32.2. The molecule has 0 radical (unpaired) electrons. The second-order valence-electron chi connectivity index (χ2n) is 4.35. The molecule has 0 fully saturated rings. The summed E-state index contributed by atoms with van der Waals surface area (Å²) in [5, 5.41) is -0.351. The van der Waals surface area contributed by atoms with E-state index in [9.17, 15) is 17.6 Å². The summed E-state index contributed by atoms with van der Waals surface area (Å²) in [6.45, 7) is 1.61. The zero-order valence-electron chi connectivity index (χ0n) is 11.5.